The minimum atomic E-state index is -4.91. The molecule has 360 valence electrons. The van der Waals surface area contributed by atoms with Crippen molar-refractivity contribution in [2.24, 2.45) is 10.8 Å². The first-order valence-corrected chi connectivity index (χ1v) is 22.5. The van der Waals surface area contributed by atoms with E-state index in [1.165, 1.54) is 9.80 Å². The third-order valence-electron chi connectivity index (χ3n) is 12.4. The second-order valence-electron chi connectivity index (χ2n) is 18.1. The average molecular weight is 983 g/mol. The number of carbonyl (C=O) groups excluding carboxylic acids is 4. The number of hydrogen-bond acceptors (Lipinski definition) is 8. The number of alkyl halides is 6. The number of fused-ring (bicyclic) bond motifs is 6. The maximum absolute atomic E-state index is 14.5. The third-order valence-corrected chi connectivity index (χ3v) is 12.8. The van der Waals surface area contributed by atoms with E-state index in [-0.39, 0.29) is 34.4 Å². The van der Waals surface area contributed by atoms with E-state index in [0.717, 1.165) is 35.4 Å². The normalized spacial score (nSPS) is 20.3. The van der Waals surface area contributed by atoms with E-state index in [9.17, 15) is 45.5 Å². The number of thiocarbonyl (C=S) groups is 2. The molecule has 7 rings (SSSR count). The molecular weight excluding hydrogens is 935 g/mol. The minimum absolute atomic E-state index is 0.0649. The fraction of sp³-hybridized carbons (Fsp3) is 0.375. The molecule has 0 saturated carbocycles. The van der Waals surface area contributed by atoms with Gasteiger partial charge in [0.15, 0.2) is 10.2 Å². The largest absolute Gasteiger partial charge is 0.462 e. The second kappa shape index (κ2) is 19.4. The molecule has 4 N–H and O–H groups in total. The van der Waals surface area contributed by atoms with Crippen LogP contribution in [0.15, 0.2) is 84.9 Å². The molecule has 3 aliphatic rings. The molecule has 0 unspecified atom stereocenters. The summed E-state index contributed by atoms with van der Waals surface area (Å²) >= 11 is 11.2. The molecule has 4 bridgehead atoms. The lowest BCUT2D eigenvalue weighted by molar-refractivity contribution is -0.138. The number of esters is 2. The van der Waals surface area contributed by atoms with Crippen LogP contribution in [0.1, 0.15) is 83.5 Å². The molecule has 0 saturated heterocycles. The van der Waals surface area contributed by atoms with Crippen LogP contribution in [0.25, 0.3) is 0 Å². The predicted octanol–water partition coefficient (Wildman–Crippen LogP) is 9.07. The van der Waals surface area contributed by atoms with Gasteiger partial charge in [0.25, 0.3) is 0 Å². The van der Waals surface area contributed by atoms with Gasteiger partial charge in [-0.2, -0.15) is 26.3 Å². The van der Waals surface area contributed by atoms with E-state index >= 15 is 0 Å². The van der Waals surface area contributed by atoms with Crippen LogP contribution >= 0.6 is 24.4 Å². The van der Waals surface area contributed by atoms with Crippen LogP contribution in [-0.4, -0.2) is 72.4 Å². The summed E-state index contributed by atoms with van der Waals surface area (Å²) in [5.74, 6) is -3.19. The van der Waals surface area contributed by atoms with Crippen LogP contribution in [-0.2, 0) is 44.3 Å². The molecule has 4 aromatic rings. The van der Waals surface area contributed by atoms with E-state index in [1.807, 2.05) is 24.3 Å². The van der Waals surface area contributed by atoms with Crippen molar-refractivity contribution < 1.29 is 55.0 Å². The standard InChI is InChI=1S/C48H48F6N6O6S2/c1-45(2)15-19-65-41(63)29-21-31(47(49,50)51)26-34(23-29)56-44(68)58-38(40(62)60-18-14-28-10-6-8-12-36(28)60)46(3,4)16-20-66-42(64)30-22-32(48(52,53)54)25-33(24-30)55-43(67)57-37(45)39(61)59-17-13-27-9-5-7-11-35(27)59/h5-12,21-26,37-38H,13-20H2,1-4H3,(H2,55,57,67)(H2,56,58,68)/t37-,38-/m1/s1. The number of benzene rings is 4. The van der Waals surface area contributed by atoms with Crippen LogP contribution < -0.4 is 31.1 Å². The molecule has 4 aromatic carbocycles. The van der Waals surface area contributed by atoms with Crippen LogP contribution in [0.4, 0.5) is 49.1 Å². The highest BCUT2D eigenvalue weighted by Crippen LogP contribution is 2.37. The Morgan fingerprint density at radius 3 is 1.34 bits per heavy atom. The Morgan fingerprint density at radius 2 is 0.971 bits per heavy atom. The van der Waals surface area contributed by atoms with Gasteiger partial charge in [-0.1, -0.05) is 64.1 Å². The zero-order valence-corrected chi connectivity index (χ0v) is 39.0. The molecular formula is C48H48F6N6O6S2. The Labute approximate surface area is 399 Å². The highest BCUT2D eigenvalue weighted by atomic mass is 32.1. The van der Waals surface area contributed by atoms with Crippen molar-refractivity contribution in [2.75, 3.05) is 46.7 Å². The van der Waals surface area contributed by atoms with Gasteiger partial charge >= 0.3 is 24.3 Å². The highest BCUT2D eigenvalue weighted by molar-refractivity contribution is 7.80. The van der Waals surface area contributed by atoms with Gasteiger partial charge in [-0.25, -0.2) is 9.59 Å². The van der Waals surface area contributed by atoms with Gasteiger partial charge in [0, 0.05) is 35.8 Å². The Morgan fingerprint density at radius 1 is 0.603 bits per heavy atom. The number of cyclic esters (lactones) is 2. The molecule has 3 aliphatic heterocycles. The summed E-state index contributed by atoms with van der Waals surface area (Å²) in [6.07, 6.45) is -8.88. The molecule has 0 fully saturated rings. The molecule has 0 spiro atoms. The maximum atomic E-state index is 14.5. The van der Waals surface area contributed by atoms with Crippen molar-refractivity contribution in [1.82, 2.24) is 10.6 Å². The minimum Gasteiger partial charge on any atom is -0.462 e. The molecule has 0 radical (unpaired) electrons. The van der Waals surface area contributed by atoms with Crippen LogP contribution in [0.2, 0.25) is 0 Å². The predicted molar refractivity (Wildman–Crippen MR) is 252 cm³/mol. The third kappa shape index (κ3) is 11.2. The molecule has 0 aromatic heterocycles. The van der Waals surface area contributed by atoms with E-state index in [1.54, 1.807) is 52.0 Å². The number of nitrogens with one attached hydrogen (secondary N) is 4. The zero-order valence-electron chi connectivity index (χ0n) is 37.3. The molecule has 12 nitrogen and oxygen atoms in total. The Kier molecular flexibility index (Phi) is 14.1. The highest BCUT2D eigenvalue weighted by Gasteiger charge is 2.43. The van der Waals surface area contributed by atoms with Crippen molar-refractivity contribution in [3.05, 3.63) is 118 Å². The number of para-hydroxylation sites is 2. The molecule has 2 atom stereocenters. The lowest BCUT2D eigenvalue weighted by Crippen LogP contribution is -2.56. The SMILES string of the molecule is CC1(C)CCOC(=O)c2cc(cc(C(F)(F)F)c2)NC(=S)N[C@H](C(=O)N2CCc3ccccc32)C(C)(C)CCOC(=O)c2cc(cc(C(F)(F)F)c2)NC(=S)N[C@@H]1C(=O)N1CCc2ccccc21. The molecule has 2 amide bonds. The Hall–Kier alpha value is -6.28. The first-order chi connectivity index (χ1) is 31.9. The van der Waals surface area contributed by atoms with Gasteiger partial charge in [-0.15, -0.1) is 0 Å². The first kappa shape index (κ1) is 49.6. The van der Waals surface area contributed by atoms with E-state index in [4.69, 9.17) is 33.9 Å². The lowest BCUT2D eigenvalue weighted by Gasteiger charge is -2.37. The number of nitrogens with zero attached hydrogens (tertiary/aromatic N) is 2. The van der Waals surface area contributed by atoms with Crippen LogP contribution in [0.5, 0.6) is 0 Å². The number of anilines is 4. The summed E-state index contributed by atoms with van der Waals surface area (Å²) in [6.45, 7) is 6.43. The number of rotatable bonds is 2. The summed E-state index contributed by atoms with van der Waals surface area (Å²) in [6, 6.07) is 17.0. The zero-order chi connectivity index (χ0) is 49.3. The molecule has 0 aliphatic carbocycles. The second-order valence-corrected chi connectivity index (χ2v) is 19.0. The van der Waals surface area contributed by atoms with E-state index in [0.29, 0.717) is 49.4 Å². The van der Waals surface area contributed by atoms with Crippen molar-refractivity contribution in [2.45, 2.75) is 77.8 Å². The van der Waals surface area contributed by atoms with Gasteiger partial charge in [0.1, 0.15) is 12.1 Å². The van der Waals surface area contributed by atoms with Gasteiger partial charge < -0.3 is 40.5 Å². The van der Waals surface area contributed by atoms with E-state index in [2.05, 4.69) is 21.3 Å². The summed E-state index contributed by atoms with van der Waals surface area (Å²) in [5, 5.41) is 10.7. The fourth-order valence-electron chi connectivity index (χ4n) is 8.46. The monoisotopic (exact) mass is 982 g/mol. The molecule has 20 heteroatoms. The van der Waals surface area contributed by atoms with Gasteiger partial charge in [-0.3, -0.25) is 9.59 Å². The summed E-state index contributed by atoms with van der Waals surface area (Å²) < 4.78 is 97.3. The van der Waals surface area contributed by atoms with Crippen molar-refractivity contribution in [1.29, 1.82) is 0 Å². The Bertz CT molecular complexity index is 2480. The molecule has 3 heterocycles. The lowest BCUT2D eigenvalue weighted by atomic mass is 9.80. The average Bonchev–Trinajstić information content (AvgIpc) is 3.91. The summed E-state index contributed by atoms with van der Waals surface area (Å²) in [5.41, 5.74) is -3.11. The summed E-state index contributed by atoms with van der Waals surface area (Å²) in [7, 11) is 0. The fourth-order valence-corrected chi connectivity index (χ4v) is 8.93. The van der Waals surface area contributed by atoms with Gasteiger partial charge in [0.05, 0.1) is 35.5 Å². The summed E-state index contributed by atoms with van der Waals surface area (Å²) in [4.78, 5) is 59.3. The van der Waals surface area contributed by atoms with Crippen LogP contribution in [0.3, 0.4) is 0 Å². The number of amides is 2. The first-order valence-electron chi connectivity index (χ1n) is 21.6. The number of ether oxygens (including phenoxy) is 2. The van der Waals surface area contributed by atoms with Gasteiger partial charge in [-0.05, 0) is 121 Å². The molecule has 68 heavy (non-hydrogen) atoms. The van der Waals surface area contributed by atoms with Crippen LogP contribution in [0, 0.1) is 10.8 Å². The number of halogens is 6. The van der Waals surface area contributed by atoms with Crippen molar-refractivity contribution in [3.63, 3.8) is 0 Å². The van der Waals surface area contributed by atoms with Crippen molar-refractivity contribution >= 4 is 81.2 Å². The Balaban J connectivity index is 1.25. The van der Waals surface area contributed by atoms with Crippen molar-refractivity contribution in [3.8, 4) is 0 Å². The number of hydrogen-bond donors (Lipinski definition) is 4. The van der Waals surface area contributed by atoms with E-state index < -0.39 is 94.5 Å². The quantitative estimate of drug-likeness (QED) is 0.0866. The topological polar surface area (TPSA) is 141 Å². The maximum Gasteiger partial charge on any atom is 0.416 e. The smallest absolute Gasteiger partial charge is 0.416 e. The van der Waals surface area contributed by atoms with Gasteiger partial charge in [0.2, 0.25) is 11.8 Å². The number of carbonyl (C=O) groups is 4.